The van der Waals surface area contributed by atoms with Crippen LogP contribution in [0, 0.1) is 22.7 Å². The van der Waals surface area contributed by atoms with Crippen LogP contribution in [0.25, 0.3) is 9.81 Å². The SMILES string of the molecule is CC[Se]C1=C([Se]CC)SC(=C2SC3=C(S2)SC(=c2ccc(=C(C#N)C#N)cc2)S3)S1. The van der Waals surface area contributed by atoms with Gasteiger partial charge in [0.15, 0.2) is 0 Å². The molecule has 30 heavy (non-hydrogen) atoms. The number of nitriles is 2. The Bertz CT molecular complexity index is 1120. The van der Waals surface area contributed by atoms with E-state index < -0.39 is 0 Å². The van der Waals surface area contributed by atoms with E-state index in [9.17, 15) is 0 Å². The Morgan fingerprint density at radius 2 is 1.13 bits per heavy atom. The number of nitrogens with zero attached hydrogens (tertiary/aromatic N) is 2. The Kier molecular flexibility index (Phi) is 8.56. The van der Waals surface area contributed by atoms with Crippen LogP contribution in [-0.4, -0.2) is 29.9 Å². The maximum atomic E-state index is 9.03. The predicted octanol–water partition coefficient (Wildman–Crippen LogP) is 6.05. The van der Waals surface area contributed by atoms with Crippen molar-refractivity contribution >= 4 is 110 Å². The Morgan fingerprint density at radius 3 is 1.57 bits per heavy atom. The zero-order valence-corrected chi connectivity index (χ0v) is 24.2. The van der Waals surface area contributed by atoms with E-state index in [2.05, 4.69) is 13.8 Å². The van der Waals surface area contributed by atoms with Crippen LogP contribution < -0.4 is 10.4 Å². The van der Waals surface area contributed by atoms with Gasteiger partial charge in [-0.15, -0.1) is 0 Å². The summed E-state index contributed by atoms with van der Waals surface area (Å²) < 4.78 is 10.4. The quantitative estimate of drug-likeness (QED) is 0.372. The van der Waals surface area contributed by atoms with E-state index in [0.717, 1.165) is 5.22 Å². The summed E-state index contributed by atoms with van der Waals surface area (Å²) in [6.07, 6.45) is 0. The van der Waals surface area contributed by atoms with Gasteiger partial charge in [-0.3, -0.25) is 0 Å². The third-order valence-corrected chi connectivity index (χ3v) is 18.9. The molecule has 1 aromatic carbocycles. The summed E-state index contributed by atoms with van der Waals surface area (Å²) in [5, 5.41) is 22.5. The molecule has 0 aromatic heterocycles. The number of rotatable bonds is 4. The van der Waals surface area contributed by atoms with Crippen molar-refractivity contribution < 1.29 is 0 Å². The second-order valence-electron chi connectivity index (χ2n) is 5.67. The zero-order valence-electron chi connectivity index (χ0n) is 15.9. The molecule has 0 spiro atoms. The van der Waals surface area contributed by atoms with E-state index in [1.165, 1.54) is 31.8 Å². The average molecular weight is 633 g/mol. The summed E-state index contributed by atoms with van der Waals surface area (Å²) in [6, 6.07) is 11.7. The summed E-state index contributed by atoms with van der Waals surface area (Å²) in [4.78, 5) is 0. The molecule has 0 saturated heterocycles. The van der Waals surface area contributed by atoms with Crippen molar-refractivity contribution in [2.75, 3.05) is 0 Å². The first-order valence-electron chi connectivity index (χ1n) is 8.87. The van der Waals surface area contributed by atoms with Crippen LogP contribution in [-0.2, 0) is 0 Å². The number of hydrogen-bond acceptors (Lipinski definition) is 8. The molecule has 10 heteroatoms. The van der Waals surface area contributed by atoms with Crippen molar-refractivity contribution in [1.29, 1.82) is 10.5 Å². The van der Waals surface area contributed by atoms with Gasteiger partial charge in [-0.2, -0.15) is 10.5 Å². The number of thioether (sulfide) groups is 6. The molecule has 0 bridgehead atoms. The molecule has 0 saturated carbocycles. The summed E-state index contributed by atoms with van der Waals surface area (Å²) in [6.45, 7) is 4.59. The van der Waals surface area contributed by atoms with Crippen molar-refractivity contribution in [3.63, 3.8) is 0 Å². The van der Waals surface area contributed by atoms with E-state index >= 15 is 0 Å². The van der Waals surface area contributed by atoms with E-state index in [-0.39, 0.29) is 5.57 Å². The zero-order chi connectivity index (χ0) is 21.1. The van der Waals surface area contributed by atoms with Crippen molar-refractivity contribution in [1.82, 2.24) is 0 Å². The molecule has 3 aliphatic heterocycles. The molecule has 0 fully saturated rings. The molecule has 1 aromatic rings. The molecule has 3 heterocycles. The summed E-state index contributed by atoms with van der Waals surface area (Å²) in [5.74, 6) is 0. The van der Waals surface area contributed by atoms with Crippen molar-refractivity contribution in [3.05, 3.63) is 59.3 Å². The molecular formula is C20H14N2S6Se2. The first kappa shape index (κ1) is 23.5. The minimum atomic E-state index is 0.161. The summed E-state index contributed by atoms with van der Waals surface area (Å²) in [5.41, 5.74) is 0.161. The minimum absolute atomic E-state index is 0.161. The van der Waals surface area contributed by atoms with E-state index in [1.807, 2.05) is 107 Å². The molecule has 0 N–H and O–H groups in total. The first-order chi connectivity index (χ1) is 14.7. The Labute approximate surface area is 214 Å². The Hall–Kier alpha value is 0.299. The van der Waals surface area contributed by atoms with Gasteiger partial charge >= 0.3 is 188 Å². The van der Waals surface area contributed by atoms with Gasteiger partial charge in [0.2, 0.25) is 0 Å². The maximum absolute atomic E-state index is 9.03. The molecule has 0 radical (unpaired) electrons. The van der Waals surface area contributed by atoms with Gasteiger partial charge < -0.3 is 0 Å². The van der Waals surface area contributed by atoms with Gasteiger partial charge in [-0.25, -0.2) is 0 Å². The summed E-state index contributed by atoms with van der Waals surface area (Å²) >= 11 is 12.9. The predicted molar refractivity (Wildman–Crippen MR) is 143 cm³/mol. The third kappa shape index (κ3) is 5.10. The molecule has 2 nitrogen and oxygen atoms in total. The number of hydrogen-bond donors (Lipinski definition) is 0. The van der Waals surface area contributed by atoms with E-state index in [4.69, 9.17) is 10.5 Å². The van der Waals surface area contributed by atoms with Gasteiger partial charge in [-0.05, 0) is 0 Å². The van der Waals surface area contributed by atoms with Crippen LogP contribution >= 0.6 is 70.6 Å². The van der Waals surface area contributed by atoms with Crippen LogP contribution in [0.1, 0.15) is 13.8 Å². The van der Waals surface area contributed by atoms with Crippen LogP contribution in [0.15, 0.2) is 48.8 Å². The molecule has 0 amide bonds. The molecule has 0 atom stereocenters. The van der Waals surface area contributed by atoms with Gasteiger partial charge in [0.1, 0.15) is 17.7 Å². The molecule has 0 unspecified atom stereocenters. The molecule has 0 aliphatic carbocycles. The van der Waals surface area contributed by atoms with E-state index in [1.54, 1.807) is 7.61 Å². The summed E-state index contributed by atoms with van der Waals surface area (Å²) in [7, 11) is 0. The van der Waals surface area contributed by atoms with Crippen molar-refractivity contribution in [2.24, 2.45) is 0 Å². The standard InChI is InChI=1S/C20H14N2S6Se2/c1-3-29-19-20(30-4-2)28-18(27-19)17-25-15-16(26-17)24-14(23-15)12-7-5-11(6-8-12)13(9-21)10-22/h5-8H,3-4H2,1-2H3. The van der Waals surface area contributed by atoms with Gasteiger partial charge in [0.25, 0.3) is 0 Å². The van der Waals surface area contributed by atoms with Gasteiger partial charge in [0.05, 0.1) is 0 Å². The van der Waals surface area contributed by atoms with Crippen LogP contribution in [0.3, 0.4) is 0 Å². The molecule has 3 aliphatic rings. The van der Waals surface area contributed by atoms with Crippen LogP contribution in [0.2, 0.25) is 10.6 Å². The second kappa shape index (κ2) is 10.9. The topological polar surface area (TPSA) is 47.6 Å². The molecule has 4 rings (SSSR count). The fraction of sp³-hybridized carbons (Fsp3) is 0.200. The van der Waals surface area contributed by atoms with Crippen LogP contribution in [0.4, 0.5) is 0 Å². The van der Waals surface area contributed by atoms with Crippen molar-refractivity contribution in [3.8, 4) is 12.1 Å². The molecular weight excluding hydrogens is 619 g/mol. The van der Waals surface area contributed by atoms with Crippen LogP contribution in [0.5, 0.6) is 0 Å². The second-order valence-corrected chi connectivity index (χ2v) is 19.6. The molecule has 152 valence electrons. The van der Waals surface area contributed by atoms with Gasteiger partial charge in [0, 0.05) is 0 Å². The normalized spacial score (nSPS) is 18.2. The van der Waals surface area contributed by atoms with Crippen molar-refractivity contribution in [2.45, 2.75) is 24.5 Å². The fourth-order valence-electron chi connectivity index (χ4n) is 2.51. The van der Waals surface area contributed by atoms with Gasteiger partial charge in [-0.1, -0.05) is 0 Å². The monoisotopic (exact) mass is 634 g/mol. The third-order valence-electron chi connectivity index (χ3n) is 3.80. The number of benzene rings is 1. The van der Waals surface area contributed by atoms with E-state index in [0.29, 0.717) is 35.1 Å². The Balaban J connectivity index is 1.50. The first-order valence-corrected chi connectivity index (χ1v) is 17.9. The fourth-order valence-corrected chi connectivity index (χ4v) is 18.9. The average Bonchev–Trinajstić information content (AvgIpc) is 3.44. The Morgan fingerprint density at radius 1 is 0.700 bits per heavy atom.